The first-order valence-electron chi connectivity index (χ1n) is 5.75. The van der Waals surface area contributed by atoms with Crippen molar-refractivity contribution in [3.05, 3.63) is 0 Å². The Labute approximate surface area is 89.9 Å². The number of nitrogens with zero attached hydrogens (tertiary/aromatic N) is 1. The summed E-state index contributed by atoms with van der Waals surface area (Å²) in [5, 5.41) is 0. The van der Waals surface area contributed by atoms with Gasteiger partial charge in [0.05, 0.1) is 0 Å². The van der Waals surface area contributed by atoms with Gasteiger partial charge >= 0.3 is 0 Å². The molecule has 0 aliphatic heterocycles. The van der Waals surface area contributed by atoms with Gasteiger partial charge in [0, 0.05) is 11.6 Å². The standard InChI is InChI=1S/C12H28N2/c1-7-8-10(2)9-11(13)12(3,4)14(5)6/h10-11H,7-9,13H2,1-6H3. The largest absolute Gasteiger partial charge is 0.326 e. The minimum atomic E-state index is 0.0992. The summed E-state index contributed by atoms with van der Waals surface area (Å²) in [6.45, 7) is 8.97. The molecule has 2 atom stereocenters. The van der Waals surface area contributed by atoms with Crippen molar-refractivity contribution in [3.63, 3.8) is 0 Å². The quantitative estimate of drug-likeness (QED) is 0.714. The molecule has 2 N–H and O–H groups in total. The van der Waals surface area contributed by atoms with E-state index in [-0.39, 0.29) is 11.6 Å². The van der Waals surface area contributed by atoms with Gasteiger partial charge in [-0.05, 0) is 40.3 Å². The van der Waals surface area contributed by atoms with Crippen molar-refractivity contribution in [2.45, 2.75) is 58.5 Å². The molecule has 14 heavy (non-hydrogen) atoms. The predicted molar refractivity (Wildman–Crippen MR) is 64.4 cm³/mol. The van der Waals surface area contributed by atoms with Crippen LogP contribution in [0.1, 0.15) is 47.0 Å². The maximum absolute atomic E-state index is 6.24. The molecule has 0 rings (SSSR count). The van der Waals surface area contributed by atoms with Crippen LogP contribution in [0.25, 0.3) is 0 Å². The summed E-state index contributed by atoms with van der Waals surface area (Å²) >= 11 is 0. The zero-order chi connectivity index (χ0) is 11.4. The second kappa shape index (κ2) is 5.72. The lowest BCUT2D eigenvalue weighted by Crippen LogP contribution is -2.53. The van der Waals surface area contributed by atoms with Crippen molar-refractivity contribution in [2.24, 2.45) is 11.7 Å². The molecule has 2 unspecified atom stereocenters. The van der Waals surface area contributed by atoms with Crippen LogP contribution in [0.5, 0.6) is 0 Å². The molecule has 2 heteroatoms. The van der Waals surface area contributed by atoms with E-state index in [1.807, 2.05) is 0 Å². The lowest BCUT2D eigenvalue weighted by molar-refractivity contribution is 0.143. The smallest absolute Gasteiger partial charge is 0.0298 e. The van der Waals surface area contributed by atoms with Crippen molar-refractivity contribution in [2.75, 3.05) is 14.1 Å². The molecule has 0 aromatic rings. The lowest BCUT2D eigenvalue weighted by atomic mass is 9.86. The summed E-state index contributed by atoms with van der Waals surface area (Å²) in [6.07, 6.45) is 3.67. The maximum atomic E-state index is 6.24. The SMILES string of the molecule is CCCC(C)CC(N)C(C)(C)N(C)C. The molecule has 0 aliphatic carbocycles. The maximum Gasteiger partial charge on any atom is 0.0298 e. The van der Waals surface area contributed by atoms with Crippen LogP contribution in [0.2, 0.25) is 0 Å². The van der Waals surface area contributed by atoms with E-state index in [0.29, 0.717) is 0 Å². The number of nitrogens with two attached hydrogens (primary N) is 1. The average molecular weight is 200 g/mol. The molecule has 0 saturated heterocycles. The minimum Gasteiger partial charge on any atom is -0.326 e. The van der Waals surface area contributed by atoms with Gasteiger partial charge in [0.25, 0.3) is 0 Å². The first-order valence-corrected chi connectivity index (χ1v) is 5.75. The topological polar surface area (TPSA) is 29.3 Å². The molecule has 0 saturated carbocycles. The summed E-state index contributed by atoms with van der Waals surface area (Å²) in [6, 6.07) is 0.263. The summed E-state index contributed by atoms with van der Waals surface area (Å²) in [5.41, 5.74) is 6.34. The summed E-state index contributed by atoms with van der Waals surface area (Å²) in [7, 11) is 4.20. The predicted octanol–water partition coefficient (Wildman–Crippen LogP) is 2.48. The fourth-order valence-corrected chi connectivity index (χ4v) is 1.66. The van der Waals surface area contributed by atoms with Gasteiger partial charge in [-0.1, -0.05) is 26.7 Å². The fraction of sp³-hybridized carbons (Fsp3) is 1.00. The van der Waals surface area contributed by atoms with Crippen LogP contribution in [0.15, 0.2) is 0 Å². The Bertz CT molecular complexity index is 152. The third kappa shape index (κ3) is 3.97. The van der Waals surface area contributed by atoms with Crippen LogP contribution in [-0.4, -0.2) is 30.6 Å². The summed E-state index contributed by atoms with van der Waals surface area (Å²) < 4.78 is 0. The highest BCUT2D eigenvalue weighted by atomic mass is 15.2. The van der Waals surface area contributed by atoms with Gasteiger partial charge in [-0.3, -0.25) is 0 Å². The van der Waals surface area contributed by atoms with E-state index < -0.39 is 0 Å². The Morgan fingerprint density at radius 1 is 1.29 bits per heavy atom. The average Bonchev–Trinajstić information content (AvgIpc) is 2.03. The molecule has 2 nitrogen and oxygen atoms in total. The highest BCUT2D eigenvalue weighted by molar-refractivity contribution is 4.89. The lowest BCUT2D eigenvalue weighted by Gasteiger charge is -2.39. The first kappa shape index (κ1) is 13.9. The van der Waals surface area contributed by atoms with Gasteiger partial charge in [-0.2, -0.15) is 0 Å². The molecule has 0 aromatic heterocycles. The Balaban J connectivity index is 4.12. The zero-order valence-electron chi connectivity index (χ0n) is 10.8. The van der Waals surface area contributed by atoms with E-state index in [4.69, 9.17) is 5.73 Å². The summed E-state index contributed by atoms with van der Waals surface area (Å²) in [4.78, 5) is 2.22. The van der Waals surface area contributed by atoms with E-state index in [0.717, 1.165) is 12.3 Å². The second-order valence-electron chi connectivity index (χ2n) is 5.28. The normalized spacial score (nSPS) is 17.1. The van der Waals surface area contributed by atoms with Crippen LogP contribution in [-0.2, 0) is 0 Å². The van der Waals surface area contributed by atoms with E-state index in [2.05, 4.69) is 46.7 Å². The molecule has 0 amide bonds. The Morgan fingerprint density at radius 2 is 1.79 bits per heavy atom. The first-order chi connectivity index (χ1) is 6.32. The molecular formula is C12H28N2. The molecule has 0 spiro atoms. The summed E-state index contributed by atoms with van der Waals surface area (Å²) in [5.74, 6) is 0.745. The third-order valence-corrected chi connectivity index (χ3v) is 3.50. The number of hydrogen-bond acceptors (Lipinski definition) is 2. The van der Waals surface area contributed by atoms with Gasteiger partial charge in [0.1, 0.15) is 0 Å². The minimum absolute atomic E-state index is 0.0992. The Hall–Kier alpha value is -0.0800. The molecule has 86 valence electrons. The highest BCUT2D eigenvalue weighted by Crippen LogP contribution is 2.21. The van der Waals surface area contributed by atoms with Gasteiger partial charge in [0.15, 0.2) is 0 Å². The molecule has 0 fully saturated rings. The Morgan fingerprint density at radius 3 is 2.14 bits per heavy atom. The van der Waals surface area contributed by atoms with Gasteiger partial charge in [-0.25, -0.2) is 0 Å². The van der Waals surface area contributed by atoms with Crippen molar-refractivity contribution in [1.82, 2.24) is 4.90 Å². The number of rotatable bonds is 6. The van der Waals surface area contributed by atoms with Crippen LogP contribution in [0.3, 0.4) is 0 Å². The highest BCUT2D eigenvalue weighted by Gasteiger charge is 2.29. The van der Waals surface area contributed by atoms with Crippen molar-refractivity contribution < 1.29 is 0 Å². The van der Waals surface area contributed by atoms with Gasteiger partial charge in [0.2, 0.25) is 0 Å². The molecular weight excluding hydrogens is 172 g/mol. The third-order valence-electron chi connectivity index (χ3n) is 3.50. The molecule has 0 radical (unpaired) electrons. The van der Waals surface area contributed by atoms with E-state index in [9.17, 15) is 0 Å². The van der Waals surface area contributed by atoms with Crippen molar-refractivity contribution in [3.8, 4) is 0 Å². The van der Waals surface area contributed by atoms with Crippen LogP contribution in [0.4, 0.5) is 0 Å². The molecule has 0 aromatic carbocycles. The zero-order valence-corrected chi connectivity index (χ0v) is 10.8. The van der Waals surface area contributed by atoms with E-state index in [1.165, 1.54) is 12.8 Å². The van der Waals surface area contributed by atoms with E-state index in [1.54, 1.807) is 0 Å². The van der Waals surface area contributed by atoms with Gasteiger partial charge < -0.3 is 10.6 Å². The molecule has 0 aliphatic rings. The Kier molecular flexibility index (Phi) is 5.68. The number of likely N-dealkylation sites (N-methyl/N-ethyl adjacent to an activating group) is 1. The van der Waals surface area contributed by atoms with Crippen molar-refractivity contribution >= 4 is 0 Å². The second-order valence-corrected chi connectivity index (χ2v) is 5.28. The molecule has 0 heterocycles. The fourth-order valence-electron chi connectivity index (χ4n) is 1.66. The monoisotopic (exact) mass is 200 g/mol. The van der Waals surface area contributed by atoms with Crippen LogP contribution < -0.4 is 5.73 Å². The van der Waals surface area contributed by atoms with E-state index >= 15 is 0 Å². The van der Waals surface area contributed by atoms with Crippen LogP contribution in [0, 0.1) is 5.92 Å². The van der Waals surface area contributed by atoms with Gasteiger partial charge in [-0.15, -0.1) is 0 Å². The molecule has 0 bridgehead atoms. The number of hydrogen-bond donors (Lipinski definition) is 1. The van der Waals surface area contributed by atoms with Crippen LogP contribution >= 0.6 is 0 Å². The van der Waals surface area contributed by atoms with Crippen molar-refractivity contribution in [1.29, 1.82) is 0 Å².